The molecule has 0 bridgehead atoms. The molecule has 0 saturated carbocycles. The first-order valence-electron chi connectivity index (χ1n) is 7.20. The second kappa shape index (κ2) is 6.24. The quantitative estimate of drug-likeness (QED) is 0.923. The molecule has 1 unspecified atom stereocenters. The van der Waals surface area contributed by atoms with Crippen LogP contribution in [0.25, 0.3) is 0 Å². The largest absolute Gasteiger partial charge is 0.343 e. The van der Waals surface area contributed by atoms with Gasteiger partial charge in [0.1, 0.15) is 11.9 Å². The van der Waals surface area contributed by atoms with Crippen molar-refractivity contribution in [2.75, 3.05) is 6.54 Å². The number of piperazine rings is 1. The first-order chi connectivity index (χ1) is 9.86. The molecule has 1 aliphatic heterocycles. The molecule has 1 aliphatic rings. The number of carbonyl (C=O) groups excluding carboxylic acids is 2. The Morgan fingerprint density at radius 2 is 2.10 bits per heavy atom. The predicted molar refractivity (Wildman–Crippen MR) is 77.9 cm³/mol. The topological polar surface area (TPSA) is 49.4 Å². The van der Waals surface area contributed by atoms with Crippen LogP contribution in [0.15, 0.2) is 18.2 Å². The van der Waals surface area contributed by atoms with Gasteiger partial charge in [-0.25, -0.2) is 4.39 Å². The maximum atomic E-state index is 13.3. The van der Waals surface area contributed by atoms with Crippen LogP contribution in [0, 0.1) is 18.7 Å². The number of hydrogen-bond donors (Lipinski definition) is 1. The summed E-state index contributed by atoms with van der Waals surface area (Å²) >= 11 is 0. The maximum Gasteiger partial charge on any atom is 0.245 e. The minimum Gasteiger partial charge on any atom is -0.343 e. The Bertz CT molecular complexity index is 557. The fraction of sp³-hybridized carbons (Fsp3) is 0.500. The molecule has 5 heteroatoms. The van der Waals surface area contributed by atoms with Gasteiger partial charge in [0.15, 0.2) is 0 Å². The molecule has 21 heavy (non-hydrogen) atoms. The normalized spacial score (nSPS) is 19.1. The van der Waals surface area contributed by atoms with Gasteiger partial charge in [0.2, 0.25) is 11.8 Å². The maximum absolute atomic E-state index is 13.3. The van der Waals surface area contributed by atoms with E-state index in [1.54, 1.807) is 6.07 Å². The average Bonchev–Trinajstić information content (AvgIpc) is 2.38. The summed E-state index contributed by atoms with van der Waals surface area (Å²) in [6, 6.07) is 4.03. The molecule has 1 atom stereocenters. The van der Waals surface area contributed by atoms with E-state index >= 15 is 0 Å². The molecule has 1 fully saturated rings. The number of amides is 2. The van der Waals surface area contributed by atoms with E-state index in [1.165, 1.54) is 17.0 Å². The molecule has 0 aliphatic carbocycles. The van der Waals surface area contributed by atoms with Crippen molar-refractivity contribution in [3.8, 4) is 0 Å². The Labute approximate surface area is 124 Å². The van der Waals surface area contributed by atoms with E-state index in [2.05, 4.69) is 5.32 Å². The highest BCUT2D eigenvalue weighted by Crippen LogP contribution is 2.17. The minimum absolute atomic E-state index is 0.0311. The van der Waals surface area contributed by atoms with Gasteiger partial charge < -0.3 is 10.2 Å². The highest BCUT2D eigenvalue weighted by Gasteiger charge is 2.32. The molecule has 1 aromatic carbocycles. The van der Waals surface area contributed by atoms with E-state index < -0.39 is 6.04 Å². The summed E-state index contributed by atoms with van der Waals surface area (Å²) in [5.74, 6) is -0.264. The summed E-state index contributed by atoms with van der Waals surface area (Å²) in [5, 5.41) is 2.74. The summed E-state index contributed by atoms with van der Waals surface area (Å²) < 4.78 is 13.3. The minimum atomic E-state index is -0.472. The lowest BCUT2D eigenvalue weighted by molar-refractivity contribution is -0.145. The van der Waals surface area contributed by atoms with Gasteiger partial charge in [-0.2, -0.15) is 0 Å². The van der Waals surface area contributed by atoms with Gasteiger partial charge in [-0.3, -0.25) is 9.59 Å². The fourth-order valence-electron chi connectivity index (χ4n) is 2.55. The first kappa shape index (κ1) is 15.5. The van der Waals surface area contributed by atoms with Gasteiger partial charge in [-0.1, -0.05) is 19.9 Å². The third-order valence-electron chi connectivity index (χ3n) is 3.66. The van der Waals surface area contributed by atoms with Gasteiger partial charge in [0.25, 0.3) is 0 Å². The smallest absolute Gasteiger partial charge is 0.245 e. The molecule has 0 radical (unpaired) electrons. The number of rotatable bonds is 4. The number of benzene rings is 1. The van der Waals surface area contributed by atoms with E-state index in [-0.39, 0.29) is 30.7 Å². The van der Waals surface area contributed by atoms with Crippen molar-refractivity contribution in [2.45, 2.75) is 39.8 Å². The van der Waals surface area contributed by atoms with E-state index in [1.807, 2.05) is 20.8 Å². The first-order valence-corrected chi connectivity index (χ1v) is 7.20. The monoisotopic (exact) mass is 292 g/mol. The highest BCUT2D eigenvalue weighted by molar-refractivity contribution is 5.94. The molecule has 2 amide bonds. The lowest BCUT2D eigenvalue weighted by atomic mass is 10.00. The number of carbonyl (C=O) groups is 2. The number of nitrogens with zero attached hydrogens (tertiary/aromatic N) is 1. The second-order valence-electron chi connectivity index (χ2n) is 6.01. The molecule has 1 aromatic rings. The Balaban J connectivity index is 2.16. The van der Waals surface area contributed by atoms with Crippen molar-refractivity contribution in [3.63, 3.8) is 0 Å². The molecule has 114 valence electrons. The van der Waals surface area contributed by atoms with Crippen LogP contribution in [-0.2, 0) is 16.1 Å². The van der Waals surface area contributed by atoms with Crippen LogP contribution >= 0.6 is 0 Å². The van der Waals surface area contributed by atoms with Crippen LogP contribution < -0.4 is 5.32 Å². The summed E-state index contributed by atoms with van der Waals surface area (Å²) in [6.45, 7) is 6.19. The molecule has 4 nitrogen and oxygen atoms in total. The number of nitrogens with one attached hydrogen (secondary N) is 1. The predicted octanol–water partition coefficient (Wildman–Crippen LogP) is 2.01. The van der Waals surface area contributed by atoms with Gasteiger partial charge in [-0.15, -0.1) is 0 Å². The number of aryl methyl sites for hydroxylation is 1. The van der Waals surface area contributed by atoms with Gasteiger partial charge >= 0.3 is 0 Å². The Morgan fingerprint density at radius 3 is 2.76 bits per heavy atom. The van der Waals surface area contributed by atoms with Crippen molar-refractivity contribution in [2.24, 2.45) is 5.92 Å². The van der Waals surface area contributed by atoms with Gasteiger partial charge in [0, 0.05) is 6.54 Å². The van der Waals surface area contributed by atoms with Crippen molar-refractivity contribution in [1.82, 2.24) is 10.2 Å². The van der Waals surface area contributed by atoms with Crippen LogP contribution in [0.3, 0.4) is 0 Å². The molecule has 1 N–H and O–H groups in total. The third-order valence-corrected chi connectivity index (χ3v) is 3.66. The van der Waals surface area contributed by atoms with Gasteiger partial charge in [0.05, 0.1) is 6.54 Å². The summed E-state index contributed by atoms with van der Waals surface area (Å²) in [7, 11) is 0. The van der Waals surface area contributed by atoms with Crippen molar-refractivity contribution < 1.29 is 14.0 Å². The van der Waals surface area contributed by atoms with Crippen molar-refractivity contribution in [3.05, 3.63) is 35.1 Å². The van der Waals surface area contributed by atoms with Crippen LogP contribution in [-0.4, -0.2) is 29.3 Å². The van der Waals surface area contributed by atoms with E-state index in [9.17, 15) is 14.0 Å². The summed E-state index contributed by atoms with van der Waals surface area (Å²) in [5.41, 5.74) is 1.65. The molecule has 0 spiro atoms. The molecule has 1 heterocycles. The van der Waals surface area contributed by atoms with Crippen LogP contribution in [0.5, 0.6) is 0 Å². The third kappa shape index (κ3) is 3.80. The zero-order valence-corrected chi connectivity index (χ0v) is 12.6. The molecular formula is C16H21FN2O2. The second-order valence-corrected chi connectivity index (χ2v) is 6.01. The van der Waals surface area contributed by atoms with E-state index in [0.29, 0.717) is 12.3 Å². The van der Waals surface area contributed by atoms with Crippen molar-refractivity contribution in [1.29, 1.82) is 0 Å². The molecule has 2 rings (SSSR count). The van der Waals surface area contributed by atoms with Crippen LogP contribution in [0.1, 0.15) is 31.4 Å². The summed E-state index contributed by atoms with van der Waals surface area (Å²) in [4.78, 5) is 25.7. The standard InChI is InChI=1S/C16H21FN2O2/c1-10(2)6-14-16(21)19(9-15(20)18-14)8-12-7-13(17)5-4-11(12)3/h4-5,7,10,14H,6,8-9H2,1-3H3,(H,18,20). The lowest BCUT2D eigenvalue weighted by Crippen LogP contribution is -2.57. The van der Waals surface area contributed by atoms with E-state index in [0.717, 1.165) is 11.1 Å². The molecule has 0 aromatic heterocycles. The van der Waals surface area contributed by atoms with Crippen molar-refractivity contribution >= 4 is 11.8 Å². The van der Waals surface area contributed by atoms with Crippen LogP contribution in [0.2, 0.25) is 0 Å². The fourth-order valence-corrected chi connectivity index (χ4v) is 2.55. The zero-order valence-electron chi connectivity index (χ0n) is 12.6. The number of halogens is 1. The zero-order chi connectivity index (χ0) is 15.6. The van der Waals surface area contributed by atoms with Crippen LogP contribution in [0.4, 0.5) is 4.39 Å². The lowest BCUT2D eigenvalue weighted by Gasteiger charge is -2.33. The Morgan fingerprint density at radius 1 is 1.38 bits per heavy atom. The van der Waals surface area contributed by atoms with Gasteiger partial charge in [-0.05, 0) is 42.5 Å². The average molecular weight is 292 g/mol. The molecular weight excluding hydrogens is 271 g/mol. The Kier molecular flexibility index (Phi) is 4.60. The Hall–Kier alpha value is -1.91. The van der Waals surface area contributed by atoms with E-state index in [4.69, 9.17) is 0 Å². The molecule has 1 saturated heterocycles. The SMILES string of the molecule is Cc1ccc(F)cc1CN1CC(=O)NC(CC(C)C)C1=O. The highest BCUT2D eigenvalue weighted by atomic mass is 19.1. The summed E-state index contributed by atoms with van der Waals surface area (Å²) in [6.07, 6.45) is 0.614. The number of hydrogen-bond acceptors (Lipinski definition) is 2.